The molecule has 0 aromatic heterocycles. The molecule has 0 aliphatic carbocycles. The predicted octanol–water partition coefficient (Wildman–Crippen LogP) is 2.27. The highest BCUT2D eigenvalue weighted by Gasteiger charge is 1.97. The van der Waals surface area contributed by atoms with Crippen LogP contribution in [0.25, 0.3) is 10.8 Å². The van der Waals surface area contributed by atoms with Gasteiger partial charge in [-0.3, -0.25) is 0 Å². The van der Waals surface area contributed by atoms with E-state index in [0.29, 0.717) is 0 Å². The summed E-state index contributed by atoms with van der Waals surface area (Å²) in [7, 11) is 0. The van der Waals surface area contributed by atoms with Crippen LogP contribution < -0.4 is 0 Å². The highest BCUT2D eigenvalue weighted by Crippen LogP contribution is 2.16. The average Bonchev–Trinajstić information content (AvgIpc) is 2.34. The van der Waals surface area contributed by atoms with E-state index in [1.807, 2.05) is 42.5 Å². The number of hydrogen-bond acceptors (Lipinski definition) is 3. The van der Waals surface area contributed by atoms with Gasteiger partial charge < -0.3 is 9.94 Å². The van der Waals surface area contributed by atoms with Gasteiger partial charge in [0.25, 0.3) is 0 Å². The van der Waals surface area contributed by atoms with Crippen molar-refractivity contribution in [3.05, 3.63) is 48.0 Å². The van der Waals surface area contributed by atoms with E-state index in [1.165, 1.54) is 6.21 Å². The van der Waals surface area contributed by atoms with Crippen LogP contribution in [-0.2, 0) is 9.63 Å². The van der Waals surface area contributed by atoms with E-state index < -0.39 is 12.6 Å². The quantitative estimate of drug-likeness (QED) is 0.646. The number of nitrogens with zero attached hydrogens (tertiary/aromatic N) is 1. The summed E-state index contributed by atoms with van der Waals surface area (Å²) in [5.74, 6) is -1.04. The topological polar surface area (TPSA) is 58.9 Å². The molecule has 0 fully saturated rings. The number of rotatable bonds is 4. The summed E-state index contributed by atoms with van der Waals surface area (Å²) >= 11 is 0. The lowest BCUT2D eigenvalue weighted by molar-refractivity contribution is -0.142. The fraction of sp³-hybridized carbons (Fsp3) is 0.0769. The fourth-order valence-electron chi connectivity index (χ4n) is 1.55. The highest BCUT2D eigenvalue weighted by molar-refractivity contribution is 5.99. The molecule has 0 spiro atoms. The Morgan fingerprint density at radius 1 is 1.24 bits per heavy atom. The zero-order valence-corrected chi connectivity index (χ0v) is 9.04. The van der Waals surface area contributed by atoms with Crippen LogP contribution in [0.1, 0.15) is 5.56 Å². The van der Waals surface area contributed by atoms with Gasteiger partial charge >= 0.3 is 5.97 Å². The third-order valence-corrected chi connectivity index (χ3v) is 2.28. The molecule has 4 nitrogen and oxygen atoms in total. The molecule has 0 heterocycles. The van der Waals surface area contributed by atoms with Gasteiger partial charge in [0.15, 0.2) is 0 Å². The van der Waals surface area contributed by atoms with Crippen LogP contribution in [-0.4, -0.2) is 23.9 Å². The lowest BCUT2D eigenvalue weighted by Gasteiger charge is -2.00. The first kappa shape index (κ1) is 11.1. The SMILES string of the molecule is O=C(O)CO/N=C\c1cccc2ccccc12. The van der Waals surface area contributed by atoms with Crippen LogP contribution in [0, 0.1) is 0 Å². The Balaban J connectivity index is 2.21. The molecule has 0 unspecified atom stereocenters. The van der Waals surface area contributed by atoms with E-state index in [1.54, 1.807) is 0 Å². The molecule has 4 heteroatoms. The molecule has 0 saturated carbocycles. The van der Waals surface area contributed by atoms with Crippen molar-refractivity contribution in [2.45, 2.75) is 0 Å². The minimum atomic E-state index is -1.04. The second kappa shape index (κ2) is 5.12. The zero-order valence-electron chi connectivity index (χ0n) is 9.04. The van der Waals surface area contributed by atoms with Crippen molar-refractivity contribution in [3.63, 3.8) is 0 Å². The maximum absolute atomic E-state index is 10.2. The molecule has 17 heavy (non-hydrogen) atoms. The summed E-state index contributed by atoms with van der Waals surface area (Å²) in [6.07, 6.45) is 1.52. The number of benzene rings is 2. The molecule has 0 radical (unpaired) electrons. The molecule has 0 saturated heterocycles. The molecule has 0 aliphatic rings. The Hall–Kier alpha value is -2.36. The highest BCUT2D eigenvalue weighted by atomic mass is 16.6. The Morgan fingerprint density at radius 3 is 2.82 bits per heavy atom. The summed E-state index contributed by atoms with van der Waals surface area (Å²) in [6, 6.07) is 13.7. The third-order valence-electron chi connectivity index (χ3n) is 2.28. The molecule has 0 aliphatic heterocycles. The van der Waals surface area contributed by atoms with Crippen molar-refractivity contribution in [1.29, 1.82) is 0 Å². The van der Waals surface area contributed by atoms with Gasteiger partial charge in [0, 0.05) is 5.56 Å². The van der Waals surface area contributed by atoms with Crippen molar-refractivity contribution in [2.75, 3.05) is 6.61 Å². The molecule has 1 N–H and O–H groups in total. The van der Waals surface area contributed by atoms with Gasteiger partial charge in [-0.2, -0.15) is 0 Å². The molecular weight excluding hydrogens is 218 g/mol. The minimum Gasteiger partial charge on any atom is -0.479 e. The van der Waals surface area contributed by atoms with E-state index in [4.69, 9.17) is 5.11 Å². The Bertz CT molecular complexity index is 558. The summed E-state index contributed by atoms with van der Waals surface area (Å²) in [4.78, 5) is 14.8. The van der Waals surface area contributed by atoms with Crippen LogP contribution in [0.15, 0.2) is 47.6 Å². The number of hydrogen-bond donors (Lipinski definition) is 1. The van der Waals surface area contributed by atoms with Crippen molar-refractivity contribution in [3.8, 4) is 0 Å². The van der Waals surface area contributed by atoms with Crippen LogP contribution in [0.5, 0.6) is 0 Å². The van der Waals surface area contributed by atoms with Crippen molar-refractivity contribution in [1.82, 2.24) is 0 Å². The van der Waals surface area contributed by atoms with Gasteiger partial charge in [-0.05, 0) is 10.8 Å². The van der Waals surface area contributed by atoms with Gasteiger partial charge in [-0.15, -0.1) is 0 Å². The predicted molar refractivity (Wildman–Crippen MR) is 65.1 cm³/mol. The Labute approximate surface area is 98.1 Å². The monoisotopic (exact) mass is 229 g/mol. The first-order chi connectivity index (χ1) is 8.27. The van der Waals surface area contributed by atoms with Crippen LogP contribution >= 0.6 is 0 Å². The molecule has 2 rings (SSSR count). The minimum absolute atomic E-state index is 0.429. The smallest absolute Gasteiger partial charge is 0.344 e. The fourth-order valence-corrected chi connectivity index (χ4v) is 1.55. The summed E-state index contributed by atoms with van der Waals surface area (Å²) in [5, 5.41) is 14.2. The molecule has 86 valence electrons. The van der Waals surface area contributed by atoms with Crippen molar-refractivity contribution in [2.24, 2.45) is 5.16 Å². The maximum Gasteiger partial charge on any atom is 0.344 e. The number of carbonyl (C=O) groups is 1. The van der Waals surface area contributed by atoms with Gasteiger partial charge in [-0.25, -0.2) is 4.79 Å². The first-order valence-electron chi connectivity index (χ1n) is 5.12. The molecule has 2 aromatic rings. The van der Waals surface area contributed by atoms with Crippen LogP contribution in [0.2, 0.25) is 0 Å². The lowest BCUT2D eigenvalue weighted by Crippen LogP contribution is -2.03. The largest absolute Gasteiger partial charge is 0.479 e. The maximum atomic E-state index is 10.2. The number of aliphatic carboxylic acids is 1. The lowest BCUT2D eigenvalue weighted by atomic mass is 10.1. The Kier molecular flexibility index (Phi) is 3.35. The van der Waals surface area contributed by atoms with E-state index in [2.05, 4.69) is 9.99 Å². The van der Waals surface area contributed by atoms with Gasteiger partial charge in [0.2, 0.25) is 6.61 Å². The Morgan fingerprint density at radius 2 is 2.00 bits per heavy atom. The average molecular weight is 229 g/mol. The molecule has 0 atom stereocenters. The third kappa shape index (κ3) is 2.81. The second-order valence-electron chi connectivity index (χ2n) is 3.47. The summed E-state index contributed by atoms with van der Waals surface area (Å²) < 4.78 is 0. The van der Waals surface area contributed by atoms with Gasteiger partial charge in [0.05, 0.1) is 6.21 Å². The van der Waals surface area contributed by atoms with E-state index in [0.717, 1.165) is 16.3 Å². The van der Waals surface area contributed by atoms with Gasteiger partial charge in [0.1, 0.15) is 0 Å². The van der Waals surface area contributed by atoms with Crippen molar-refractivity contribution < 1.29 is 14.7 Å². The van der Waals surface area contributed by atoms with E-state index in [9.17, 15) is 4.79 Å². The van der Waals surface area contributed by atoms with E-state index >= 15 is 0 Å². The zero-order chi connectivity index (χ0) is 12.1. The molecule has 0 amide bonds. The number of oxime groups is 1. The van der Waals surface area contributed by atoms with Crippen LogP contribution in [0.3, 0.4) is 0 Å². The number of fused-ring (bicyclic) bond motifs is 1. The van der Waals surface area contributed by atoms with Crippen molar-refractivity contribution >= 4 is 23.0 Å². The number of carboxylic acids is 1. The van der Waals surface area contributed by atoms with Gasteiger partial charge in [-0.1, -0.05) is 47.6 Å². The first-order valence-corrected chi connectivity index (χ1v) is 5.12. The molecule has 2 aromatic carbocycles. The van der Waals surface area contributed by atoms with Crippen LogP contribution in [0.4, 0.5) is 0 Å². The normalized spacial score (nSPS) is 10.8. The second-order valence-corrected chi connectivity index (χ2v) is 3.47. The molecule has 0 bridgehead atoms. The summed E-state index contributed by atoms with van der Waals surface area (Å²) in [5.41, 5.74) is 0.897. The molecular formula is C13H11NO3. The van der Waals surface area contributed by atoms with E-state index in [-0.39, 0.29) is 0 Å². The number of carboxylic acid groups (broad SMARTS) is 1. The summed E-state index contributed by atoms with van der Waals surface area (Å²) in [6.45, 7) is -0.429. The standard InChI is InChI=1S/C13H11NO3/c15-13(16)9-17-14-8-11-6-3-5-10-4-1-2-7-12(10)11/h1-8H,9H2,(H,15,16)/b14-8-.